The summed E-state index contributed by atoms with van der Waals surface area (Å²) in [6.07, 6.45) is 3.88. The molecule has 0 unspecified atom stereocenters. The van der Waals surface area contributed by atoms with Gasteiger partial charge in [-0.05, 0) is 29.8 Å². The van der Waals surface area contributed by atoms with Gasteiger partial charge in [-0.1, -0.05) is 23.7 Å². The molecule has 0 radical (unpaired) electrons. The predicted octanol–water partition coefficient (Wildman–Crippen LogP) is 4.71. The van der Waals surface area contributed by atoms with Gasteiger partial charge in [0.15, 0.2) is 4.96 Å². The molecule has 1 amide bonds. The lowest BCUT2D eigenvalue weighted by Gasteiger charge is -2.00. The molecule has 0 aliphatic heterocycles. The molecule has 0 aliphatic rings. The molecule has 3 aromatic heterocycles. The number of hydrogen-bond acceptors (Lipinski definition) is 4. The van der Waals surface area contributed by atoms with Crippen LogP contribution in [0.4, 0.5) is 0 Å². The number of thiophene rings is 1. The van der Waals surface area contributed by atoms with Crippen molar-refractivity contribution >= 4 is 45.1 Å². The van der Waals surface area contributed by atoms with Crippen molar-refractivity contribution in [1.82, 2.24) is 14.7 Å². The number of hydrogen-bond donors (Lipinski definition) is 1. The number of fused-ring (bicyclic) bond motifs is 1. The standard InChI is InChI=1S/C17H12ClN3OS2/c18-12-3-1-11(2-4-12)14-5-6-15(24-14)16(22)19-9-13-10-21-7-8-23-17(21)20-13/h1-8,10H,9H2,(H,19,22). The quantitative estimate of drug-likeness (QED) is 0.563. The molecule has 1 aromatic carbocycles. The monoisotopic (exact) mass is 373 g/mol. The van der Waals surface area contributed by atoms with E-state index in [1.165, 1.54) is 11.3 Å². The molecule has 24 heavy (non-hydrogen) atoms. The van der Waals surface area contributed by atoms with E-state index in [1.807, 2.05) is 58.6 Å². The Morgan fingerprint density at radius 1 is 1.21 bits per heavy atom. The fourth-order valence-electron chi connectivity index (χ4n) is 2.35. The molecule has 1 N–H and O–H groups in total. The van der Waals surface area contributed by atoms with E-state index in [0.717, 1.165) is 21.1 Å². The van der Waals surface area contributed by atoms with Crippen LogP contribution in [0.3, 0.4) is 0 Å². The largest absolute Gasteiger partial charge is 0.346 e. The molecule has 0 saturated heterocycles. The molecule has 0 atom stereocenters. The lowest BCUT2D eigenvalue weighted by molar-refractivity contribution is 0.0954. The highest BCUT2D eigenvalue weighted by molar-refractivity contribution is 7.17. The number of aromatic nitrogens is 2. The Balaban J connectivity index is 1.44. The van der Waals surface area contributed by atoms with E-state index >= 15 is 0 Å². The van der Waals surface area contributed by atoms with Gasteiger partial charge in [-0.3, -0.25) is 9.20 Å². The number of amides is 1. The Bertz CT molecular complexity index is 972. The predicted molar refractivity (Wildman–Crippen MR) is 99.0 cm³/mol. The van der Waals surface area contributed by atoms with Crippen LogP contribution in [0.1, 0.15) is 15.4 Å². The van der Waals surface area contributed by atoms with Gasteiger partial charge in [0.25, 0.3) is 5.91 Å². The minimum atomic E-state index is -0.0865. The Hall–Kier alpha value is -2.15. The number of benzene rings is 1. The lowest BCUT2D eigenvalue weighted by Crippen LogP contribution is -2.21. The van der Waals surface area contributed by atoms with Crippen molar-refractivity contribution < 1.29 is 4.79 Å². The molecule has 4 nitrogen and oxygen atoms in total. The van der Waals surface area contributed by atoms with Crippen LogP contribution in [0.15, 0.2) is 54.2 Å². The fraction of sp³-hybridized carbons (Fsp3) is 0.0588. The van der Waals surface area contributed by atoms with Crippen LogP contribution in [-0.4, -0.2) is 15.3 Å². The van der Waals surface area contributed by atoms with Crippen molar-refractivity contribution in [2.45, 2.75) is 6.54 Å². The molecule has 0 saturated carbocycles. The van der Waals surface area contributed by atoms with Gasteiger partial charge in [0.2, 0.25) is 0 Å². The third-order valence-corrected chi connectivity index (χ3v) is 5.69. The zero-order valence-electron chi connectivity index (χ0n) is 12.4. The van der Waals surface area contributed by atoms with E-state index < -0.39 is 0 Å². The highest BCUT2D eigenvalue weighted by atomic mass is 35.5. The second-order valence-corrected chi connectivity index (χ2v) is 7.57. The smallest absolute Gasteiger partial charge is 0.261 e. The zero-order chi connectivity index (χ0) is 16.5. The number of carbonyl (C=O) groups is 1. The second-order valence-electron chi connectivity index (χ2n) is 5.18. The van der Waals surface area contributed by atoms with Crippen molar-refractivity contribution in [3.8, 4) is 10.4 Å². The van der Waals surface area contributed by atoms with Gasteiger partial charge in [0.1, 0.15) is 0 Å². The zero-order valence-corrected chi connectivity index (χ0v) is 14.8. The summed E-state index contributed by atoms with van der Waals surface area (Å²) in [5.41, 5.74) is 1.91. The molecule has 0 aliphatic carbocycles. The summed E-state index contributed by atoms with van der Waals surface area (Å²) in [6.45, 7) is 0.418. The SMILES string of the molecule is O=C(NCc1cn2ccsc2n1)c1ccc(-c2ccc(Cl)cc2)s1. The Kier molecular flexibility index (Phi) is 4.10. The molecule has 7 heteroatoms. The van der Waals surface area contributed by atoms with Crippen LogP contribution < -0.4 is 5.32 Å². The average Bonchev–Trinajstić information content (AvgIpc) is 3.29. The summed E-state index contributed by atoms with van der Waals surface area (Å²) in [7, 11) is 0. The second kappa shape index (κ2) is 6.39. The molecule has 0 bridgehead atoms. The average molecular weight is 374 g/mol. The fourth-order valence-corrected chi connectivity index (χ4v) is 4.12. The first-order valence-corrected chi connectivity index (χ1v) is 9.31. The van der Waals surface area contributed by atoms with E-state index in [-0.39, 0.29) is 5.91 Å². The number of carbonyl (C=O) groups excluding carboxylic acids is 1. The number of halogens is 1. The first kappa shape index (κ1) is 15.4. The molecule has 4 aromatic rings. The number of rotatable bonds is 4. The van der Waals surface area contributed by atoms with Crippen molar-refractivity contribution in [1.29, 1.82) is 0 Å². The van der Waals surface area contributed by atoms with E-state index in [4.69, 9.17) is 11.6 Å². The van der Waals surface area contributed by atoms with Gasteiger partial charge in [0.05, 0.1) is 17.1 Å². The topological polar surface area (TPSA) is 46.4 Å². The normalized spacial score (nSPS) is 11.0. The molecule has 120 valence electrons. The maximum atomic E-state index is 12.3. The summed E-state index contributed by atoms with van der Waals surface area (Å²) in [5, 5.41) is 5.60. The van der Waals surface area contributed by atoms with E-state index in [2.05, 4.69) is 10.3 Å². The van der Waals surface area contributed by atoms with Gasteiger partial charge in [-0.2, -0.15) is 0 Å². The maximum Gasteiger partial charge on any atom is 0.261 e. The van der Waals surface area contributed by atoms with E-state index in [0.29, 0.717) is 16.4 Å². The lowest BCUT2D eigenvalue weighted by atomic mass is 10.2. The summed E-state index contributed by atoms with van der Waals surface area (Å²) in [5.74, 6) is -0.0865. The van der Waals surface area contributed by atoms with Crippen LogP contribution >= 0.6 is 34.3 Å². The summed E-state index contributed by atoms with van der Waals surface area (Å²) < 4.78 is 1.95. The molecular weight excluding hydrogens is 362 g/mol. The summed E-state index contributed by atoms with van der Waals surface area (Å²) >= 11 is 8.94. The van der Waals surface area contributed by atoms with E-state index in [1.54, 1.807) is 11.3 Å². The molecule has 0 spiro atoms. The number of nitrogens with one attached hydrogen (secondary N) is 1. The van der Waals surface area contributed by atoms with Crippen LogP contribution in [0, 0.1) is 0 Å². The van der Waals surface area contributed by atoms with Crippen LogP contribution in [0.25, 0.3) is 15.4 Å². The van der Waals surface area contributed by atoms with Crippen molar-refractivity contribution in [2.24, 2.45) is 0 Å². The van der Waals surface area contributed by atoms with E-state index in [9.17, 15) is 4.79 Å². The van der Waals surface area contributed by atoms with Crippen molar-refractivity contribution in [3.05, 3.63) is 69.8 Å². The molecular formula is C17H12ClN3OS2. The number of nitrogens with zero attached hydrogens (tertiary/aromatic N) is 2. The van der Waals surface area contributed by atoms with Crippen LogP contribution in [0.2, 0.25) is 5.02 Å². The maximum absolute atomic E-state index is 12.3. The third kappa shape index (κ3) is 3.08. The van der Waals surface area contributed by atoms with Crippen molar-refractivity contribution in [3.63, 3.8) is 0 Å². The number of imidazole rings is 1. The van der Waals surface area contributed by atoms with Crippen molar-refractivity contribution in [2.75, 3.05) is 0 Å². The first-order chi connectivity index (χ1) is 11.7. The first-order valence-electron chi connectivity index (χ1n) is 7.24. The van der Waals surface area contributed by atoms with Gasteiger partial charge >= 0.3 is 0 Å². The highest BCUT2D eigenvalue weighted by Gasteiger charge is 2.11. The van der Waals surface area contributed by atoms with Gasteiger partial charge < -0.3 is 5.32 Å². The molecule has 4 rings (SSSR count). The molecule has 0 fully saturated rings. The Labute approximate surface area is 151 Å². The summed E-state index contributed by atoms with van der Waals surface area (Å²) in [6, 6.07) is 11.4. The van der Waals surface area contributed by atoms with Gasteiger partial charge in [0, 0.05) is 27.7 Å². The Morgan fingerprint density at radius 2 is 2.04 bits per heavy atom. The summed E-state index contributed by atoms with van der Waals surface area (Å²) in [4.78, 5) is 19.4. The minimum Gasteiger partial charge on any atom is -0.346 e. The minimum absolute atomic E-state index is 0.0865. The highest BCUT2D eigenvalue weighted by Crippen LogP contribution is 2.29. The van der Waals surface area contributed by atoms with Crippen LogP contribution in [0.5, 0.6) is 0 Å². The third-order valence-electron chi connectivity index (χ3n) is 3.53. The molecule has 3 heterocycles. The Morgan fingerprint density at radius 3 is 2.83 bits per heavy atom. The van der Waals surface area contributed by atoms with Gasteiger partial charge in [-0.25, -0.2) is 4.98 Å². The van der Waals surface area contributed by atoms with Gasteiger partial charge in [-0.15, -0.1) is 22.7 Å². The number of thiazole rings is 1. The van der Waals surface area contributed by atoms with Crippen LogP contribution in [-0.2, 0) is 6.54 Å².